The summed E-state index contributed by atoms with van der Waals surface area (Å²) in [5.41, 5.74) is 33.1. The molecule has 8 aromatic carbocycles. The molecule has 0 amide bonds. The second-order valence-electron chi connectivity index (χ2n) is 30.3. The molecule has 0 saturated carbocycles. The van der Waals surface area contributed by atoms with Gasteiger partial charge in [-0.05, 0) is 170 Å². The van der Waals surface area contributed by atoms with Gasteiger partial charge in [-0.25, -0.2) is 55.2 Å². The number of nitrogens with one attached hydrogen (secondary N) is 2. The van der Waals surface area contributed by atoms with E-state index in [1.807, 2.05) is 473 Å². The van der Waals surface area contributed by atoms with Gasteiger partial charge in [0.25, 0.3) is 0 Å². The first-order chi connectivity index (χ1) is 64.0. The number of hydrogen-bond acceptors (Lipinski definition) is 24. The fourth-order valence-corrected chi connectivity index (χ4v) is 11.9. The zero-order valence-corrected chi connectivity index (χ0v) is 86.6. The van der Waals surface area contributed by atoms with Crippen LogP contribution in [0.1, 0.15) is 11.1 Å². The molecule has 16 rings (SSSR count). The third-order valence-corrected chi connectivity index (χ3v) is 19.7. The lowest BCUT2D eigenvalue weighted by molar-refractivity contribution is -0.671. The number of pyridine rings is 2. The molecule has 8 N–H and O–H groups in total. The fourth-order valence-electron chi connectivity index (χ4n) is 11.9. The molecule has 0 radical (unpaired) electrons. The van der Waals surface area contributed by atoms with E-state index >= 15 is 0 Å². The van der Waals surface area contributed by atoms with Crippen molar-refractivity contribution in [2.45, 2.75) is 0 Å². The van der Waals surface area contributed by atoms with E-state index in [0.29, 0.717) is 29.1 Å². The number of fused-ring (bicyclic) bond motifs is 2. The van der Waals surface area contributed by atoms with Crippen molar-refractivity contribution in [1.82, 2.24) is 27.8 Å². The second kappa shape index (κ2) is 60.7. The number of imidazole rings is 4. The molecule has 0 spiro atoms. The number of nitrogens with two attached hydrogens (primary N) is 3. The first-order valence-electron chi connectivity index (χ1n) is 41.8. The number of methoxy groups -OCH3 is 2. The summed E-state index contributed by atoms with van der Waals surface area (Å²) in [7, 11) is 36.5. The Kier molecular flexibility index (Phi) is 51.7. The number of ether oxygens (including phenoxy) is 2. The molecule has 14 aromatic rings. The third kappa shape index (κ3) is 38.1. The number of benzene rings is 9. The standard InChI is InChI=1S/C17H18N6.C15H15N3O2.C15H18N3O.C14H16N3.C13H18N5.C12H15N5.C11H13N5.CH4OS.6ClH/c1-22-11-12-23(2)17(22)21-20-16-9-7-15(8-10-16)19-14-5-3-13(18)4-6-14;1-18(2)9-4-5-11-14(6-9)20-15-7-10(16)13(19-3)8-12(15)17-11;1-17-10-8-13(9-11-17)12-16-18(2)14-4-6-15(19-3)7-5-14;1-16-10-8-13(9-11-16)12-15-17(2)14-6-4-3-5-7-14;1-16(2)12-7-5-11(6-8-12)14-15-13-17(3)9-10-18(13)4;1-13-10-4-6-11(7-5-10)14-15-12-16(2)8-9-17(12)3;1-15-7-8-16(2)11(15)14-13-10-5-3-9(12)4-6-10;1-3-2;;;;;;/h3-12H,1-2H3,(H2,18,20);4-8,16H,1-3H3;4-12H,1-3H3;3-12H,1-2H3;5-10H,1-4H3;4-9H,1-3H3;3-8,12H,1-2H3;2H,1H3;6*1H/q;;3*+1;;;;;;;;;/p-3. The van der Waals surface area contributed by atoms with Crippen molar-refractivity contribution < 1.29 is 120 Å². The second-order valence-corrected chi connectivity index (χ2v) is 30.7. The average molecular weight is 2030 g/mol. The zero-order chi connectivity index (χ0) is 95.9. The molecule has 6 aromatic heterocycles. The summed E-state index contributed by atoms with van der Waals surface area (Å²) in [5, 5.41) is 53.7. The lowest BCUT2D eigenvalue weighted by Crippen LogP contribution is -3.00. The lowest BCUT2D eigenvalue weighted by atomic mass is 10.2. The van der Waals surface area contributed by atoms with Crippen LogP contribution in [0.25, 0.3) is 22.6 Å². The van der Waals surface area contributed by atoms with Crippen LogP contribution >= 0.6 is 12.0 Å². The number of aryl methyl sites for hydroxylation is 10. The number of rotatable bonds is 20. The Hall–Kier alpha value is -14.7. The molecule has 41 heteroatoms. The van der Waals surface area contributed by atoms with Crippen molar-refractivity contribution in [1.29, 1.82) is 0 Å². The van der Waals surface area contributed by atoms with Crippen molar-refractivity contribution in [3.63, 3.8) is 0 Å². The Bertz CT molecular complexity index is 6470. The van der Waals surface area contributed by atoms with Crippen molar-refractivity contribution in [3.05, 3.63) is 321 Å². The number of anilines is 9. The van der Waals surface area contributed by atoms with Gasteiger partial charge in [0, 0.05) is 143 Å². The average Bonchev–Trinajstić information content (AvgIpc) is 1.33. The maximum atomic E-state index is 8.85. The van der Waals surface area contributed by atoms with Crippen LogP contribution in [-0.2, 0) is 70.5 Å². The largest absolute Gasteiger partial charge is 1.00 e. The number of halogens is 6. The molecule has 1 aliphatic carbocycles. The summed E-state index contributed by atoms with van der Waals surface area (Å²) in [6.07, 6.45) is 28.7. The number of para-hydroxylation sites is 1. The first kappa shape index (κ1) is 118. The number of azo groups is 4. The molecule has 0 saturated heterocycles. The fraction of sp³-hybridized carbons (Fsp3) is 0.204. The summed E-state index contributed by atoms with van der Waals surface area (Å²) >= 11 is 0.500. The van der Waals surface area contributed by atoms with E-state index in [1.165, 1.54) is 6.26 Å². The number of hydrogen-bond donors (Lipinski definition) is 5. The van der Waals surface area contributed by atoms with Crippen molar-refractivity contribution >= 4 is 133 Å². The normalized spacial score (nSPS) is 10.4. The van der Waals surface area contributed by atoms with Crippen LogP contribution < -0.4 is 164 Å². The van der Waals surface area contributed by atoms with Crippen molar-refractivity contribution in [2.75, 3.05) is 113 Å². The molecule has 0 unspecified atom stereocenters. The molecular weight excluding hydrogens is 1910 g/mol. The Balaban J connectivity index is 0.000000413. The molecule has 34 nitrogen and oxygen atoms in total. The van der Waals surface area contributed by atoms with Gasteiger partial charge in [-0.15, -0.1) is 0 Å². The van der Waals surface area contributed by atoms with Crippen LogP contribution in [0.2, 0.25) is 0 Å². The topological polar surface area (TPSA) is 349 Å². The number of hydrazone groups is 2. The Morgan fingerprint density at radius 3 is 1.14 bits per heavy atom. The van der Waals surface area contributed by atoms with Gasteiger partial charge in [0.05, 0.1) is 156 Å². The summed E-state index contributed by atoms with van der Waals surface area (Å²) in [5.74, 6) is 5.37. The van der Waals surface area contributed by atoms with Crippen LogP contribution in [-0.4, -0.2) is 110 Å². The molecule has 0 fully saturated rings. The summed E-state index contributed by atoms with van der Waals surface area (Å²) in [6, 6.07) is 73.8. The van der Waals surface area contributed by atoms with Crippen molar-refractivity contribution in [3.8, 4) is 23.0 Å². The highest BCUT2D eigenvalue weighted by Gasteiger charge is 2.17. The van der Waals surface area contributed by atoms with E-state index < -0.39 is 0 Å². The monoisotopic (exact) mass is 2020 g/mol. The maximum Gasteiger partial charge on any atom is 0.421 e. The van der Waals surface area contributed by atoms with Crippen LogP contribution in [0.15, 0.2) is 360 Å². The van der Waals surface area contributed by atoms with Gasteiger partial charge >= 0.3 is 23.8 Å². The molecule has 0 bridgehead atoms. The van der Waals surface area contributed by atoms with E-state index in [0.717, 1.165) is 131 Å². The molecule has 1 aliphatic heterocycles. The summed E-state index contributed by atoms with van der Waals surface area (Å²) in [6.45, 7) is 0. The molecule has 7 heterocycles. The number of nitrogens with zero attached hydrogens (tertiary/aromatic N) is 25. The number of nitrogen functional groups attached to an aromatic ring is 3. The molecule has 0 atom stereocenters. The van der Waals surface area contributed by atoms with Gasteiger partial charge in [-0.3, -0.25) is 22.1 Å². The predicted octanol–water partition coefficient (Wildman–Crippen LogP) is -1.89. The van der Waals surface area contributed by atoms with E-state index in [-0.39, 0.29) is 74.4 Å². The predicted molar refractivity (Wildman–Crippen MR) is 531 cm³/mol. The molecular formula is C98H120Cl6N30O4S. The smallest absolute Gasteiger partial charge is 0.421 e. The highest BCUT2D eigenvalue weighted by molar-refractivity contribution is 7.92. The van der Waals surface area contributed by atoms with E-state index in [1.54, 1.807) is 38.5 Å². The van der Waals surface area contributed by atoms with Gasteiger partial charge in [0.1, 0.15) is 73.6 Å². The van der Waals surface area contributed by atoms with Crippen molar-refractivity contribution in [2.24, 2.45) is 122 Å². The molecule has 139 heavy (non-hydrogen) atoms. The summed E-state index contributed by atoms with van der Waals surface area (Å²) < 4.78 is 46.4. The van der Waals surface area contributed by atoms with Crippen LogP contribution in [0, 0.1) is 0 Å². The lowest BCUT2D eigenvalue weighted by Gasteiger charge is -2.12. The highest BCUT2D eigenvalue weighted by Crippen LogP contribution is 2.32. The third-order valence-electron chi connectivity index (χ3n) is 19.7. The Labute approximate surface area is 854 Å². The Morgan fingerprint density at radius 1 is 0.432 bits per heavy atom. The van der Waals surface area contributed by atoms with Gasteiger partial charge in [-0.2, -0.15) is 10.2 Å². The van der Waals surface area contributed by atoms with E-state index in [2.05, 4.69) is 71.6 Å². The minimum Gasteiger partial charge on any atom is -1.00 e. The van der Waals surface area contributed by atoms with Crippen LogP contribution in [0.4, 0.5) is 97.7 Å². The van der Waals surface area contributed by atoms with Crippen LogP contribution in [0.5, 0.6) is 11.5 Å². The quantitative estimate of drug-likeness (QED) is 0.0106. The van der Waals surface area contributed by atoms with E-state index in [4.69, 9.17) is 35.6 Å². The molecule has 2 aliphatic rings. The Morgan fingerprint density at radius 2 is 0.784 bits per heavy atom. The van der Waals surface area contributed by atoms with Gasteiger partial charge in [0.15, 0.2) is 36.1 Å². The number of aromatic nitrogens is 11. The minimum absolute atomic E-state index is 0. The SMILES string of the molecule is CN(/N=C/c1cc[n+](C)cc1)c1ccccc1.CN(C)c1ccc(N=Nc2n(C)cc[n+]2C)cc1.CNc1ccc(N=Nc2n(C)cc[n+]2C)cc1.COc1cc2nc3ccc(=[N+](C)C)cc-3oc2cc1N.COc1ccc(N(C)/N=C/c2cc[n+](C)cc2)cc1.CS[O-].Cn1cc[n+](C)c1N=Nc1ccc(N)cc1.Cn1cc[n+](C)c1N=Nc1ccc(Nc2ccc(N)cc2)cc1.[Cl-].[Cl-].[Cl-].[Cl-].[Cl-].[Cl-]. The van der Waals surface area contributed by atoms with Crippen LogP contribution in [0.3, 0.4) is 0 Å². The van der Waals surface area contributed by atoms with E-state index in [9.17, 15) is 0 Å². The van der Waals surface area contributed by atoms with Gasteiger partial charge in [0.2, 0.25) is 5.36 Å². The maximum absolute atomic E-state index is 8.85. The minimum atomic E-state index is 0. The van der Waals surface area contributed by atoms with Gasteiger partial charge in [-0.1, -0.05) is 38.7 Å². The van der Waals surface area contributed by atoms with Gasteiger partial charge < -0.3 is 126 Å². The zero-order valence-electron chi connectivity index (χ0n) is 81.2. The molecule has 734 valence electrons. The summed E-state index contributed by atoms with van der Waals surface area (Å²) in [4.78, 5) is 6.63. The first-order valence-corrected chi connectivity index (χ1v) is 43.0. The highest BCUT2D eigenvalue weighted by atomic mass is 35.5.